The summed E-state index contributed by atoms with van der Waals surface area (Å²) in [5, 5.41) is 0. The molecular weight excluding hydrogens is 229 g/mol. The van der Waals surface area contributed by atoms with E-state index in [2.05, 4.69) is 0 Å². The SMILES string of the molecule is Fc1ccc(F)c(COc2ccccc2F)c1. The molecule has 1 nitrogen and oxygen atoms in total. The van der Waals surface area contributed by atoms with Gasteiger partial charge in [0, 0.05) is 5.56 Å². The third-order valence-corrected chi connectivity index (χ3v) is 2.23. The van der Waals surface area contributed by atoms with Gasteiger partial charge < -0.3 is 4.74 Å². The van der Waals surface area contributed by atoms with Crippen molar-refractivity contribution in [3.8, 4) is 5.75 Å². The predicted molar refractivity (Wildman–Crippen MR) is 57.1 cm³/mol. The van der Waals surface area contributed by atoms with Gasteiger partial charge in [-0.2, -0.15) is 0 Å². The molecular formula is C13H9F3O. The lowest BCUT2D eigenvalue weighted by Gasteiger charge is -2.07. The molecule has 0 radical (unpaired) electrons. The first kappa shape index (κ1) is 11.5. The smallest absolute Gasteiger partial charge is 0.165 e. The van der Waals surface area contributed by atoms with Crippen molar-refractivity contribution in [2.24, 2.45) is 0 Å². The van der Waals surface area contributed by atoms with Crippen molar-refractivity contribution in [3.05, 3.63) is 65.5 Å². The fourth-order valence-corrected chi connectivity index (χ4v) is 1.37. The highest BCUT2D eigenvalue weighted by Crippen LogP contribution is 2.18. The van der Waals surface area contributed by atoms with Crippen LogP contribution in [0.4, 0.5) is 13.2 Å². The van der Waals surface area contributed by atoms with Gasteiger partial charge in [-0.25, -0.2) is 13.2 Å². The molecule has 0 saturated carbocycles. The van der Waals surface area contributed by atoms with Crippen LogP contribution in [0.3, 0.4) is 0 Å². The molecule has 0 atom stereocenters. The Labute approximate surface area is 96.5 Å². The molecule has 2 aromatic rings. The molecule has 0 aromatic heterocycles. The number of rotatable bonds is 3. The first-order valence-electron chi connectivity index (χ1n) is 4.98. The third kappa shape index (κ3) is 2.78. The van der Waals surface area contributed by atoms with Crippen LogP contribution < -0.4 is 4.74 Å². The van der Waals surface area contributed by atoms with Crippen molar-refractivity contribution in [1.82, 2.24) is 0 Å². The topological polar surface area (TPSA) is 9.23 Å². The molecule has 0 unspecified atom stereocenters. The van der Waals surface area contributed by atoms with Crippen molar-refractivity contribution in [2.45, 2.75) is 6.61 Å². The van der Waals surface area contributed by atoms with Crippen LogP contribution in [-0.4, -0.2) is 0 Å². The summed E-state index contributed by atoms with van der Waals surface area (Å²) in [7, 11) is 0. The molecule has 0 N–H and O–H groups in total. The van der Waals surface area contributed by atoms with Crippen LogP contribution in [0.1, 0.15) is 5.56 Å². The van der Waals surface area contributed by atoms with Gasteiger partial charge in [-0.1, -0.05) is 12.1 Å². The molecule has 88 valence electrons. The third-order valence-electron chi connectivity index (χ3n) is 2.23. The number of hydrogen-bond acceptors (Lipinski definition) is 1. The summed E-state index contributed by atoms with van der Waals surface area (Å²) in [5.74, 6) is -1.67. The van der Waals surface area contributed by atoms with E-state index in [1.165, 1.54) is 18.2 Å². The molecule has 0 saturated heterocycles. The Hall–Kier alpha value is -1.97. The van der Waals surface area contributed by atoms with E-state index in [1.807, 2.05) is 0 Å². The highest BCUT2D eigenvalue weighted by atomic mass is 19.1. The minimum atomic E-state index is -0.581. The molecule has 0 amide bonds. The summed E-state index contributed by atoms with van der Waals surface area (Å²) in [5.41, 5.74) is 0.0493. The molecule has 2 rings (SSSR count). The largest absolute Gasteiger partial charge is 0.486 e. The number of ether oxygens (including phenoxy) is 1. The summed E-state index contributed by atoms with van der Waals surface area (Å²) in [6.07, 6.45) is 0. The molecule has 2 aromatic carbocycles. The van der Waals surface area contributed by atoms with Crippen molar-refractivity contribution < 1.29 is 17.9 Å². The van der Waals surface area contributed by atoms with Crippen molar-refractivity contribution in [1.29, 1.82) is 0 Å². The second kappa shape index (κ2) is 4.91. The van der Waals surface area contributed by atoms with Gasteiger partial charge in [-0.15, -0.1) is 0 Å². The lowest BCUT2D eigenvalue weighted by Crippen LogP contribution is -2.00. The van der Waals surface area contributed by atoms with Crippen LogP contribution >= 0.6 is 0 Å². The molecule has 0 aliphatic carbocycles. The zero-order valence-corrected chi connectivity index (χ0v) is 8.79. The molecule has 0 bridgehead atoms. The van der Waals surface area contributed by atoms with E-state index in [0.717, 1.165) is 18.2 Å². The van der Waals surface area contributed by atoms with Crippen LogP contribution in [-0.2, 0) is 6.61 Å². The van der Waals surface area contributed by atoms with Crippen LogP contribution in [0.5, 0.6) is 5.75 Å². The lowest BCUT2D eigenvalue weighted by molar-refractivity contribution is 0.284. The minimum absolute atomic E-state index is 0.0103. The molecule has 0 fully saturated rings. The van der Waals surface area contributed by atoms with Gasteiger partial charge in [0.05, 0.1) is 0 Å². The zero-order chi connectivity index (χ0) is 12.3. The molecule has 0 spiro atoms. The average molecular weight is 238 g/mol. The van der Waals surface area contributed by atoms with Crippen LogP contribution in [0.15, 0.2) is 42.5 Å². The number of para-hydroxylation sites is 1. The van der Waals surface area contributed by atoms with E-state index < -0.39 is 17.5 Å². The van der Waals surface area contributed by atoms with Gasteiger partial charge in [-0.05, 0) is 30.3 Å². The van der Waals surface area contributed by atoms with Crippen LogP contribution in [0.2, 0.25) is 0 Å². The highest BCUT2D eigenvalue weighted by molar-refractivity contribution is 5.25. The van der Waals surface area contributed by atoms with Gasteiger partial charge in [-0.3, -0.25) is 0 Å². The monoisotopic (exact) mass is 238 g/mol. The summed E-state index contributed by atoms with van der Waals surface area (Å²) < 4.78 is 44.3. The number of halogens is 3. The molecule has 0 aliphatic heterocycles. The summed E-state index contributed by atoms with van der Waals surface area (Å²) in [4.78, 5) is 0. The van der Waals surface area contributed by atoms with Crippen molar-refractivity contribution in [2.75, 3.05) is 0 Å². The van der Waals surface area contributed by atoms with Crippen molar-refractivity contribution >= 4 is 0 Å². The zero-order valence-electron chi connectivity index (χ0n) is 8.79. The van der Waals surface area contributed by atoms with E-state index in [9.17, 15) is 13.2 Å². The maximum Gasteiger partial charge on any atom is 0.165 e. The van der Waals surface area contributed by atoms with Gasteiger partial charge >= 0.3 is 0 Å². The molecule has 0 heterocycles. The van der Waals surface area contributed by atoms with Crippen LogP contribution in [0.25, 0.3) is 0 Å². The molecule has 4 heteroatoms. The van der Waals surface area contributed by atoms with Crippen molar-refractivity contribution in [3.63, 3.8) is 0 Å². The lowest BCUT2D eigenvalue weighted by atomic mass is 10.2. The van der Waals surface area contributed by atoms with Gasteiger partial charge in [0.25, 0.3) is 0 Å². The van der Waals surface area contributed by atoms with E-state index in [1.54, 1.807) is 6.07 Å². The minimum Gasteiger partial charge on any atom is -0.486 e. The first-order chi connectivity index (χ1) is 8.16. The Morgan fingerprint density at radius 1 is 0.882 bits per heavy atom. The summed E-state index contributed by atoms with van der Waals surface area (Å²) >= 11 is 0. The standard InChI is InChI=1S/C13H9F3O/c14-10-5-6-11(15)9(7-10)8-17-13-4-2-1-3-12(13)16/h1-7H,8H2. The maximum absolute atomic E-state index is 13.2. The van der Waals surface area contributed by atoms with E-state index in [0.29, 0.717) is 0 Å². The fourth-order valence-electron chi connectivity index (χ4n) is 1.37. The number of benzene rings is 2. The van der Waals surface area contributed by atoms with E-state index in [4.69, 9.17) is 4.74 Å². The summed E-state index contributed by atoms with van der Waals surface area (Å²) in [6, 6.07) is 8.82. The highest BCUT2D eigenvalue weighted by Gasteiger charge is 2.06. The first-order valence-corrected chi connectivity index (χ1v) is 4.98. The Balaban J connectivity index is 2.12. The quantitative estimate of drug-likeness (QED) is 0.792. The Bertz CT molecular complexity index is 526. The molecule has 0 aliphatic rings. The Morgan fingerprint density at radius 3 is 2.41 bits per heavy atom. The number of hydrogen-bond donors (Lipinski definition) is 0. The van der Waals surface area contributed by atoms with Gasteiger partial charge in [0.15, 0.2) is 11.6 Å². The van der Waals surface area contributed by atoms with E-state index in [-0.39, 0.29) is 17.9 Å². The predicted octanol–water partition coefficient (Wildman–Crippen LogP) is 3.68. The molecule has 17 heavy (non-hydrogen) atoms. The van der Waals surface area contributed by atoms with Crippen LogP contribution in [0, 0.1) is 17.5 Å². The Kier molecular flexibility index (Phi) is 3.32. The maximum atomic E-state index is 13.2. The van der Waals surface area contributed by atoms with Gasteiger partial charge in [0.2, 0.25) is 0 Å². The fraction of sp³-hybridized carbons (Fsp3) is 0.0769. The Morgan fingerprint density at radius 2 is 1.65 bits per heavy atom. The normalized spacial score (nSPS) is 10.3. The van der Waals surface area contributed by atoms with E-state index >= 15 is 0 Å². The van der Waals surface area contributed by atoms with Gasteiger partial charge in [0.1, 0.15) is 18.2 Å². The second-order valence-corrected chi connectivity index (χ2v) is 3.45. The average Bonchev–Trinajstić information content (AvgIpc) is 2.32. The summed E-state index contributed by atoms with van der Waals surface area (Å²) in [6.45, 7) is -0.218. The second-order valence-electron chi connectivity index (χ2n) is 3.45.